The number of aromatic amines is 1. The Hall–Kier alpha value is -1.58. The first-order valence-corrected chi connectivity index (χ1v) is 5.78. The summed E-state index contributed by atoms with van der Waals surface area (Å²) in [4.78, 5) is 16.3. The molecule has 2 aromatic heterocycles. The molecule has 0 amide bonds. The molecule has 0 saturated heterocycles. The van der Waals surface area contributed by atoms with Gasteiger partial charge < -0.3 is 0 Å². The molecule has 1 aliphatic carbocycles. The van der Waals surface area contributed by atoms with Gasteiger partial charge in [0.25, 0.3) is 5.56 Å². The van der Waals surface area contributed by atoms with E-state index in [4.69, 9.17) is 0 Å². The molecule has 4 nitrogen and oxygen atoms in total. The Labute approximate surface area is 93.3 Å². The minimum atomic E-state index is -0.00111. The Bertz CT molecular complexity index is 590. The Morgan fingerprint density at radius 3 is 2.81 bits per heavy atom. The maximum atomic E-state index is 11.9. The lowest BCUT2D eigenvalue weighted by Crippen LogP contribution is -2.13. The van der Waals surface area contributed by atoms with Gasteiger partial charge in [-0.1, -0.05) is 13.8 Å². The van der Waals surface area contributed by atoms with Gasteiger partial charge in [-0.15, -0.1) is 0 Å². The summed E-state index contributed by atoms with van der Waals surface area (Å²) in [5.74, 6) is 1.77. The largest absolute Gasteiger partial charge is 0.276 e. The molecule has 84 valence electrons. The van der Waals surface area contributed by atoms with E-state index >= 15 is 0 Å². The number of nitrogens with zero attached hydrogens (tertiary/aromatic N) is 2. The molecule has 2 heterocycles. The lowest BCUT2D eigenvalue weighted by atomic mass is 10.2. The van der Waals surface area contributed by atoms with Crippen LogP contribution in [0.2, 0.25) is 0 Å². The van der Waals surface area contributed by atoms with Crippen molar-refractivity contribution in [1.82, 2.24) is 14.6 Å². The molecule has 1 saturated carbocycles. The van der Waals surface area contributed by atoms with Gasteiger partial charge in [0.05, 0.1) is 0 Å². The molecule has 0 aliphatic heterocycles. The highest BCUT2D eigenvalue weighted by Gasteiger charge is 2.24. The van der Waals surface area contributed by atoms with Crippen LogP contribution in [-0.2, 0) is 0 Å². The summed E-state index contributed by atoms with van der Waals surface area (Å²) in [7, 11) is 0. The molecular formula is C12H15N3O. The molecule has 0 radical (unpaired) electrons. The van der Waals surface area contributed by atoms with Crippen LogP contribution in [0.1, 0.15) is 49.9 Å². The Kier molecular flexibility index (Phi) is 1.93. The van der Waals surface area contributed by atoms with Gasteiger partial charge in [0.15, 0.2) is 5.65 Å². The van der Waals surface area contributed by atoms with Gasteiger partial charge in [-0.25, -0.2) is 9.50 Å². The smallest absolute Gasteiger partial charge is 0.271 e. The molecule has 1 N–H and O–H groups in total. The van der Waals surface area contributed by atoms with Gasteiger partial charge in [-0.3, -0.25) is 9.89 Å². The van der Waals surface area contributed by atoms with Crippen LogP contribution in [-0.4, -0.2) is 14.6 Å². The minimum absolute atomic E-state index is 0.00111. The second kappa shape index (κ2) is 3.20. The summed E-state index contributed by atoms with van der Waals surface area (Å²) >= 11 is 0. The molecule has 16 heavy (non-hydrogen) atoms. The number of hydrogen-bond donors (Lipinski definition) is 1. The summed E-state index contributed by atoms with van der Waals surface area (Å²) < 4.78 is 1.53. The average molecular weight is 217 g/mol. The summed E-state index contributed by atoms with van der Waals surface area (Å²) in [6.07, 6.45) is 2.41. The number of fused-ring (bicyclic) bond motifs is 1. The highest BCUT2D eigenvalue weighted by molar-refractivity contribution is 5.43. The fraction of sp³-hybridized carbons (Fsp3) is 0.500. The van der Waals surface area contributed by atoms with Crippen molar-refractivity contribution in [3.8, 4) is 0 Å². The van der Waals surface area contributed by atoms with Crippen molar-refractivity contribution in [3.05, 3.63) is 33.9 Å². The molecule has 0 bridgehead atoms. The predicted molar refractivity (Wildman–Crippen MR) is 61.9 cm³/mol. The fourth-order valence-electron chi connectivity index (χ4n) is 1.94. The van der Waals surface area contributed by atoms with Gasteiger partial charge in [-0.05, 0) is 30.4 Å². The van der Waals surface area contributed by atoms with Crippen LogP contribution >= 0.6 is 0 Å². The molecule has 0 aromatic carbocycles. The van der Waals surface area contributed by atoms with Crippen molar-refractivity contribution in [2.75, 3.05) is 0 Å². The van der Waals surface area contributed by atoms with Gasteiger partial charge in [0.2, 0.25) is 0 Å². The van der Waals surface area contributed by atoms with E-state index in [1.54, 1.807) is 6.07 Å². The van der Waals surface area contributed by atoms with Crippen molar-refractivity contribution >= 4 is 5.65 Å². The summed E-state index contributed by atoms with van der Waals surface area (Å²) in [6.45, 7) is 4.12. The third-order valence-electron chi connectivity index (χ3n) is 3.09. The highest BCUT2D eigenvalue weighted by atomic mass is 16.1. The van der Waals surface area contributed by atoms with E-state index in [9.17, 15) is 4.79 Å². The summed E-state index contributed by atoms with van der Waals surface area (Å²) in [5.41, 5.74) is 1.89. The van der Waals surface area contributed by atoms with Gasteiger partial charge in [0, 0.05) is 12.0 Å². The van der Waals surface area contributed by atoms with Crippen LogP contribution in [0, 0.1) is 0 Å². The molecule has 0 spiro atoms. The van der Waals surface area contributed by atoms with Crippen LogP contribution in [0.4, 0.5) is 0 Å². The molecule has 3 rings (SSSR count). The summed E-state index contributed by atoms with van der Waals surface area (Å²) in [6, 6.07) is 3.76. The van der Waals surface area contributed by atoms with Crippen LogP contribution in [0.25, 0.3) is 5.65 Å². The molecule has 1 fully saturated rings. The number of aromatic nitrogens is 3. The van der Waals surface area contributed by atoms with Crippen molar-refractivity contribution < 1.29 is 0 Å². The lowest BCUT2D eigenvalue weighted by Gasteiger charge is -1.96. The van der Waals surface area contributed by atoms with E-state index in [1.165, 1.54) is 17.4 Å². The van der Waals surface area contributed by atoms with Gasteiger partial charge >= 0.3 is 0 Å². The van der Waals surface area contributed by atoms with E-state index in [-0.39, 0.29) is 5.56 Å². The van der Waals surface area contributed by atoms with E-state index < -0.39 is 0 Å². The maximum Gasteiger partial charge on any atom is 0.271 e. The van der Waals surface area contributed by atoms with Crippen LogP contribution in [0.15, 0.2) is 16.9 Å². The zero-order valence-electron chi connectivity index (χ0n) is 9.53. The lowest BCUT2D eigenvalue weighted by molar-refractivity contribution is 0.758. The van der Waals surface area contributed by atoms with Gasteiger partial charge in [-0.2, -0.15) is 0 Å². The monoisotopic (exact) mass is 217 g/mol. The van der Waals surface area contributed by atoms with E-state index in [0.717, 1.165) is 17.0 Å². The quantitative estimate of drug-likeness (QED) is 0.836. The average Bonchev–Trinajstić information content (AvgIpc) is 2.97. The van der Waals surface area contributed by atoms with Crippen LogP contribution in [0.3, 0.4) is 0 Å². The number of rotatable bonds is 2. The summed E-state index contributed by atoms with van der Waals surface area (Å²) in [5, 5.41) is 3.04. The number of hydrogen-bond acceptors (Lipinski definition) is 2. The van der Waals surface area contributed by atoms with Crippen molar-refractivity contribution in [1.29, 1.82) is 0 Å². The maximum absolute atomic E-state index is 11.9. The minimum Gasteiger partial charge on any atom is -0.276 e. The SMILES string of the molecule is CC(C)c1nc2cc(C3CC3)cc(=O)n2[nH]1. The van der Waals surface area contributed by atoms with Crippen molar-refractivity contribution in [2.45, 2.75) is 38.5 Å². The third kappa shape index (κ3) is 1.45. The molecule has 0 atom stereocenters. The number of pyridine rings is 1. The van der Waals surface area contributed by atoms with Crippen LogP contribution < -0.4 is 5.56 Å². The molecule has 1 aliphatic rings. The fourth-order valence-corrected chi connectivity index (χ4v) is 1.94. The zero-order valence-corrected chi connectivity index (χ0v) is 9.53. The predicted octanol–water partition coefficient (Wildman–Crippen LogP) is 2.02. The van der Waals surface area contributed by atoms with Gasteiger partial charge in [0.1, 0.15) is 5.82 Å². The number of H-pyrrole nitrogens is 1. The normalized spacial score (nSPS) is 16.2. The van der Waals surface area contributed by atoms with Crippen molar-refractivity contribution in [2.24, 2.45) is 0 Å². The number of nitrogens with one attached hydrogen (secondary N) is 1. The van der Waals surface area contributed by atoms with E-state index in [1.807, 2.05) is 6.07 Å². The highest BCUT2D eigenvalue weighted by Crippen LogP contribution is 2.39. The first-order valence-electron chi connectivity index (χ1n) is 5.78. The Morgan fingerprint density at radius 2 is 2.19 bits per heavy atom. The second-order valence-electron chi connectivity index (χ2n) is 4.86. The van der Waals surface area contributed by atoms with E-state index in [2.05, 4.69) is 23.9 Å². The second-order valence-corrected chi connectivity index (χ2v) is 4.86. The Morgan fingerprint density at radius 1 is 1.44 bits per heavy atom. The first kappa shape index (κ1) is 9.63. The van der Waals surface area contributed by atoms with Crippen LogP contribution in [0.5, 0.6) is 0 Å². The van der Waals surface area contributed by atoms with E-state index in [0.29, 0.717) is 11.8 Å². The molecule has 4 heteroatoms. The Balaban J connectivity index is 2.21. The zero-order chi connectivity index (χ0) is 11.3. The standard InChI is InChI=1S/C12H15N3O/c1-7(2)12-13-10-5-9(8-3-4-8)6-11(16)15(10)14-12/h5-8H,3-4H2,1-2H3,(H,13,14). The molecule has 2 aromatic rings. The van der Waals surface area contributed by atoms with Crippen molar-refractivity contribution in [3.63, 3.8) is 0 Å². The first-order chi connectivity index (χ1) is 7.65. The molecular weight excluding hydrogens is 202 g/mol. The topological polar surface area (TPSA) is 50.2 Å². The third-order valence-corrected chi connectivity index (χ3v) is 3.09. The molecule has 0 unspecified atom stereocenters.